The van der Waals surface area contributed by atoms with Gasteiger partial charge in [0.05, 0.1) is 11.2 Å². The summed E-state index contributed by atoms with van der Waals surface area (Å²) in [5.41, 5.74) is -0.508. The van der Waals surface area contributed by atoms with Crippen LogP contribution in [0, 0.1) is 5.82 Å². The van der Waals surface area contributed by atoms with Crippen LogP contribution in [0.3, 0.4) is 0 Å². The number of fused-ring (bicyclic) bond motifs is 1. The van der Waals surface area contributed by atoms with Crippen molar-refractivity contribution in [2.75, 3.05) is 0 Å². The van der Waals surface area contributed by atoms with Gasteiger partial charge in [0.1, 0.15) is 5.82 Å². The molecule has 110 valence electrons. The molecule has 0 spiro atoms. The van der Waals surface area contributed by atoms with E-state index in [1.165, 1.54) is 6.07 Å². The minimum absolute atomic E-state index is 0.302. The minimum atomic E-state index is -0.682. The lowest BCUT2D eigenvalue weighted by Gasteiger charge is -2.32. The van der Waals surface area contributed by atoms with Gasteiger partial charge in [-0.05, 0) is 56.7 Å². The van der Waals surface area contributed by atoms with Crippen LogP contribution in [-0.4, -0.2) is 18.3 Å². The molecule has 2 aromatic carbocycles. The molecule has 0 saturated carbocycles. The molecule has 2 aromatic rings. The van der Waals surface area contributed by atoms with Gasteiger partial charge in [0, 0.05) is 9.94 Å². The van der Waals surface area contributed by atoms with E-state index in [9.17, 15) is 4.39 Å². The van der Waals surface area contributed by atoms with Crippen LogP contribution in [0.5, 0.6) is 0 Å². The van der Waals surface area contributed by atoms with Gasteiger partial charge in [-0.25, -0.2) is 4.39 Å². The van der Waals surface area contributed by atoms with E-state index in [1.807, 2.05) is 45.9 Å². The Kier molecular flexibility index (Phi) is 3.43. The average Bonchev–Trinajstić information content (AvgIpc) is 2.58. The SMILES string of the molecule is CC1(C)OB(c2cc3cc(Br)ccc3cc2F)OC1(C)C. The van der Waals surface area contributed by atoms with E-state index in [2.05, 4.69) is 15.9 Å². The summed E-state index contributed by atoms with van der Waals surface area (Å²) in [6.07, 6.45) is 0. The van der Waals surface area contributed by atoms with Crippen molar-refractivity contribution in [3.8, 4) is 0 Å². The molecule has 0 bridgehead atoms. The third-order valence-electron chi connectivity index (χ3n) is 4.43. The molecule has 0 amide bonds. The highest BCUT2D eigenvalue weighted by molar-refractivity contribution is 9.10. The molecule has 1 aliphatic heterocycles. The Morgan fingerprint density at radius 1 is 0.952 bits per heavy atom. The van der Waals surface area contributed by atoms with Crippen LogP contribution in [0.15, 0.2) is 34.8 Å². The zero-order valence-electron chi connectivity index (χ0n) is 12.5. The third kappa shape index (κ3) is 2.52. The fraction of sp³-hybridized carbons (Fsp3) is 0.375. The van der Waals surface area contributed by atoms with Crippen molar-refractivity contribution in [1.29, 1.82) is 0 Å². The number of halogens is 2. The van der Waals surface area contributed by atoms with E-state index in [1.54, 1.807) is 6.07 Å². The predicted octanol–water partition coefficient (Wildman–Crippen LogP) is 4.04. The molecule has 5 heteroatoms. The summed E-state index contributed by atoms with van der Waals surface area (Å²) < 4.78 is 27.2. The standard InChI is InChI=1S/C16H17BBrFO2/c1-15(2)16(3,4)21-17(20-15)13-8-11-7-12(18)6-5-10(11)9-14(13)19/h5-9H,1-4H3. The summed E-state index contributed by atoms with van der Waals surface area (Å²) >= 11 is 3.44. The van der Waals surface area contributed by atoms with E-state index in [0.717, 1.165) is 15.2 Å². The van der Waals surface area contributed by atoms with E-state index < -0.39 is 18.3 Å². The molecular formula is C16H17BBrFO2. The molecule has 1 fully saturated rings. The maximum absolute atomic E-state index is 14.4. The van der Waals surface area contributed by atoms with Crippen molar-refractivity contribution in [1.82, 2.24) is 0 Å². The van der Waals surface area contributed by atoms with Crippen molar-refractivity contribution >= 4 is 39.3 Å². The Hall–Kier alpha value is -0.905. The van der Waals surface area contributed by atoms with Gasteiger partial charge >= 0.3 is 7.12 Å². The minimum Gasteiger partial charge on any atom is -0.399 e. The molecule has 0 N–H and O–H groups in total. The Morgan fingerprint density at radius 3 is 2.19 bits per heavy atom. The highest BCUT2D eigenvalue weighted by Gasteiger charge is 2.52. The van der Waals surface area contributed by atoms with E-state index >= 15 is 0 Å². The Labute approximate surface area is 132 Å². The highest BCUT2D eigenvalue weighted by Crippen LogP contribution is 2.37. The summed E-state index contributed by atoms with van der Waals surface area (Å²) in [4.78, 5) is 0. The first kappa shape index (κ1) is 15.0. The quantitative estimate of drug-likeness (QED) is 0.722. The van der Waals surface area contributed by atoms with Crippen LogP contribution in [-0.2, 0) is 9.31 Å². The highest BCUT2D eigenvalue weighted by atomic mass is 79.9. The summed E-state index contributed by atoms with van der Waals surface area (Å²) in [7, 11) is -0.682. The molecule has 21 heavy (non-hydrogen) atoms. The smallest absolute Gasteiger partial charge is 0.399 e. The van der Waals surface area contributed by atoms with Gasteiger partial charge < -0.3 is 9.31 Å². The zero-order valence-corrected chi connectivity index (χ0v) is 14.1. The second kappa shape index (κ2) is 4.80. The normalized spacial score (nSPS) is 20.2. The van der Waals surface area contributed by atoms with Crippen LogP contribution in [0.2, 0.25) is 0 Å². The van der Waals surface area contributed by atoms with Crippen LogP contribution in [0.25, 0.3) is 10.8 Å². The second-order valence-corrected chi connectivity index (χ2v) is 7.37. The molecule has 0 atom stereocenters. The lowest BCUT2D eigenvalue weighted by molar-refractivity contribution is 0.00578. The Bertz CT molecular complexity index is 699. The molecule has 0 unspecified atom stereocenters. The van der Waals surface area contributed by atoms with Crippen LogP contribution >= 0.6 is 15.9 Å². The van der Waals surface area contributed by atoms with E-state index in [0.29, 0.717) is 5.46 Å². The van der Waals surface area contributed by atoms with E-state index in [4.69, 9.17) is 9.31 Å². The van der Waals surface area contributed by atoms with Gasteiger partial charge in [-0.15, -0.1) is 0 Å². The van der Waals surface area contributed by atoms with Crippen molar-refractivity contribution in [2.45, 2.75) is 38.9 Å². The maximum Gasteiger partial charge on any atom is 0.497 e. The summed E-state index contributed by atoms with van der Waals surface area (Å²) in [6, 6.07) is 9.08. The fourth-order valence-electron chi connectivity index (χ4n) is 2.41. The van der Waals surface area contributed by atoms with Gasteiger partial charge in [0.2, 0.25) is 0 Å². The molecule has 0 aromatic heterocycles. The lowest BCUT2D eigenvalue weighted by atomic mass is 9.77. The number of rotatable bonds is 1. The predicted molar refractivity (Wildman–Crippen MR) is 87.3 cm³/mol. The molecule has 1 aliphatic rings. The van der Waals surface area contributed by atoms with Crippen LogP contribution in [0.4, 0.5) is 4.39 Å². The number of hydrogen-bond acceptors (Lipinski definition) is 2. The molecule has 2 nitrogen and oxygen atoms in total. The maximum atomic E-state index is 14.4. The van der Waals surface area contributed by atoms with Crippen molar-refractivity contribution < 1.29 is 13.7 Å². The number of hydrogen-bond donors (Lipinski definition) is 0. The first-order chi connectivity index (χ1) is 9.69. The Balaban J connectivity index is 2.07. The third-order valence-corrected chi connectivity index (χ3v) is 4.92. The van der Waals surface area contributed by atoms with Crippen molar-refractivity contribution in [3.05, 3.63) is 40.6 Å². The van der Waals surface area contributed by atoms with E-state index in [-0.39, 0.29) is 5.82 Å². The van der Waals surface area contributed by atoms with Gasteiger partial charge in [0.15, 0.2) is 0 Å². The molecule has 3 rings (SSSR count). The fourth-order valence-corrected chi connectivity index (χ4v) is 2.79. The number of benzene rings is 2. The Morgan fingerprint density at radius 2 is 1.57 bits per heavy atom. The van der Waals surface area contributed by atoms with Crippen molar-refractivity contribution in [2.24, 2.45) is 0 Å². The van der Waals surface area contributed by atoms with Gasteiger partial charge in [-0.2, -0.15) is 0 Å². The first-order valence-electron chi connectivity index (χ1n) is 6.94. The van der Waals surface area contributed by atoms with Crippen LogP contribution < -0.4 is 5.46 Å². The zero-order chi connectivity index (χ0) is 15.4. The first-order valence-corrected chi connectivity index (χ1v) is 7.73. The molecule has 0 radical (unpaired) electrons. The van der Waals surface area contributed by atoms with Crippen LogP contribution in [0.1, 0.15) is 27.7 Å². The summed E-state index contributed by atoms with van der Waals surface area (Å²) in [5, 5.41) is 1.81. The monoisotopic (exact) mass is 350 g/mol. The van der Waals surface area contributed by atoms with Crippen molar-refractivity contribution in [3.63, 3.8) is 0 Å². The molecule has 0 aliphatic carbocycles. The molecule has 1 heterocycles. The molecular weight excluding hydrogens is 334 g/mol. The summed E-state index contributed by atoms with van der Waals surface area (Å²) in [6.45, 7) is 7.84. The largest absolute Gasteiger partial charge is 0.497 e. The summed E-state index contributed by atoms with van der Waals surface area (Å²) in [5.74, 6) is -0.302. The molecule has 1 saturated heterocycles. The average molecular weight is 351 g/mol. The second-order valence-electron chi connectivity index (χ2n) is 6.45. The topological polar surface area (TPSA) is 18.5 Å². The van der Waals surface area contributed by atoms with Gasteiger partial charge in [-0.1, -0.05) is 28.1 Å². The van der Waals surface area contributed by atoms with Gasteiger partial charge in [0.25, 0.3) is 0 Å². The van der Waals surface area contributed by atoms with Gasteiger partial charge in [-0.3, -0.25) is 0 Å². The lowest BCUT2D eigenvalue weighted by Crippen LogP contribution is -2.41.